The lowest BCUT2D eigenvalue weighted by Crippen LogP contribution is -2.37. The maximum Gasteiger partial charge on any atom is 0.313 e. The summed E-state index contributed by atoms with van der Waals surface area (Å²) in [4.78, 5) is 36.4. The summed E-state index contributed by atoms with van der Waals surface area (Å²) < 4.78 is 18.8. The van der Waals surface area contributed by atoms with Gasteiger partial charge in [0.25, 0.3) is 0 Å². The fourth-order valence-corrected chi connectivity index (χ4v) is 1.72. The number of carbonyl (C=O) groups excluding carboxylic acids is 3. The Labute approximate surface area is 140 Å². The molecule has 0 bridgehead atoms. The van der Waals surface area contributed by atoms with Crippen molar-refractivity contribution >= 4 is 23.4 Å². The van der Waals surface area contributed by atoms with Crippen LogP contribution in [0.4, 0.5) is 10.1 Å². The summed E-state index contributed by atoms with van der Waals surface area (Å²) in [7, 11) is 3.19. The van der Waals surface area contributed by atoms with E-state index in [0.717, 1.165) is 6.07 Å². The number of hydrogen-bond donors (Lipinski definition) is 2. The molecule has 0 aromatic heterocycles. The van der Waals surface area contributed by atoms with Crippen LogP contribution in [-0.2, 0) is 14.4 Å². The topological polar surface area (TPSA) is 87.7 Å². The number of hydrogen-bond acceptors (Lipinski definition) is 4. The van der Waals surface area contributed by atoms with Gasteiger partial charge >= 0.3 is 11.8 Å². The maximum atomic E-state index is 13.4. The highest BCUT2D eigenvalue weighted by Crippen LogP contribution is 2.26. The molecule has 0 aliphatic heterocycles. The summed E-state index contributed by atoms with van der Waals surface area (Å²) in [5.41, 5.74) is 0.0632. The highest BCUT2D eigenvalue weighted by molar-refractivity contribution is 6.39. The van der Waals surface area contributed by atoms with Crippen molar-refractivity contribution < 1.29 is 23.5 Å². The summed E-state index contributed by atoms with van der Waals surface area (Å²) in [5, 5.41) is 4.64. The Kier molecular flexibility index (Phi) is 7.16. The zero-order valence-corrected chi connectivity index (χ0v) is 14.2. The molecule has 0 aliphatic rings. The third-order valence-electron chi connectivity index (χ3n) is 2.88. The molecule has 1 rings (SSSR count). The van der Waals surface area contributed by atoms with Crippen LogP contribution in [0.5, 0.6) is 5.75 Å². The number of nitrogens with one attached hydrogen (secondary N) is 2. The van der Waals surface area contributed by atoms with E-state index in [1.54, 1.807) is 27.9 Å². The van der Waals surface area contributed by atoms with E-state index >= 15 is 0 Å². The first-order chi connectivity index (χ1) is 11.2. The molecule has 0 radical (unpaired) electrons. The maximum absolute atomic E-state index is 13.4. The molecule has 132 valence electrons. The predicted molar refractivity (Wildman–Crippen MR) is 87.1 cm³/mol. The Morgan fingerprint density at radius 2 is 1.88 bits per heavy atom. The summed E-state index contributed by atoms with van der Waals surface area (Å²) in [5.74, 6) is -2.37. The van der Waals surface area contributed by atoms with Gasteiger partial charge in [-0.1, -0.05) is 0 Å². The van der Waals surface area contributed by atoms with Crippen molar-refractivity contribution in [3.8, 4) is 5.75 Å². The van der Waals surface area contributed by atoms with Gasteiger partial charge in [0.1, 0.15) is 11.6 Å². The molecular formula is C16H22FN3O4. The lowest BCUT2D eigenvalue weighted by molar-refractivity contribution is -0.136. The number of carbonyl (C=O) groups is 3. The molecule has 0 atom stereocenters. The third-order valence-corrected chi connectivity index (χ3v) is 2.88. The van der Waals surface area contributed by atoms with Crippen LogP contribution in [0, 0.1) is 5.82 Å². The number of rotatable bonds is 6. The predicted octanol–water partition coefficient (Wildman–Crippen LogP) is 1.15. The van der Waals surface area contributed by atoms with Gasteiger partial charge in [-0.15, -0.1) is 0 Å². The largest absolute Gasteiger partial charge is 0.489 e. The minimum absolute atomic E-state index is 0.0295. The molecular weight excluding hydrogens is 317 g/mol. The summed E-state index contributed by atoms with van der Waals surface area (Å²) in [6, 6.07) is 3.64. The second-order valence-corrected chi connectivity index (χ2v) is 5.56. The minimum Gasteiger partial charge on any atom is -0.489 e. The van der Waals surface area contributed by atoms with Crippen LogP contribution in [0.2, 0.25) is 0 Å². The van der Waals surface area contributed by atoms with E-state index in [2.05, 4.69) is 10.6 Å². The fraction of sp³-hybridized carbons (Fsp3) is 0.438. The van der Waals surface area contributed by atoms with Crippen molar-refractivity contribution in [1.82, 2.24) is 10.2 Å². The molecule has 0 spiro atoms. The van der Waals surface area contributed by atoms with Crippen molar-refractivity contribution in [2.75, 3.05) is 26.0 Å². The van der Waals surface area contributed by atoms with E-state index in [1.165, 1.54) is 17.0 Å². The van der Waals surface area contributed by atoms with E-state index in [0.29, 0.717) is 0 Å². The second-order valence-electron chi connectivity index (χ2n) is 5.56. The molecule has 0 fully saturated rings. The number of benzene rings is 1. The zero-order chi connectivity index (χ0) is 18.3. The fourth-order valence-electron chi connectivity index (χ4n) is 1.72. The Morgan fingerprint density at radius 1 is 1.21 bits per heavy atom. The van der Waals surface area contributed by atoms with E-state index in [1.807, 2.05) is 0 Å². The third kappa shape index (κ3) is 6.23. The second kappa shape index (κ2) is 8.85. The monoisotopic (exact) mass is 339 g/mol. The number of ether oxygens (including phenoxy) is 1. The van der Waals surface area contributed by atoms with Gasteiger partial charge < -0.3 is 20.3 Å². The van der Waals surface area contributed by atoms with Gasteiger partial charge in [0.2, 0.25) is 5.91 Å². The molecule has 7 nitrogen and oxygen atoms in total. The molecule has 2 N–H and O–H groups in total. The van der Waals surface area contributed by atoms with E-state index in [4.69, 9.17) is 4.74 Å². The molecule has 0 heterocycles. The van der Waals surface area contributed by atoms with E-state index in [9.17, 15) is 18.8 Å². The summed E-state index contributed by atoms with van der Waals surface area (Å²) in [6.45, 7) is 3.59. The van der Waals surface area contributed by atoms with Crippen LogP contribution in [0.25, 0.3) is 0 Å². The van der Waals surface area contributed by atoms with Gasteiger partial charge in [0, 0.05) is 33.1 Å². The molecule has 0 aliphatic carbocycles. The Hall–Kier alpha value is -2.64. The van der Waals surface area contributed by atoms with Crippen LogP contribution in [-0.4, -0.2) is 49.4 Å². The molecule has 1 aromatic rings. The highest BCUT2D eigenvalue weighted by atomic mass is 19.1. The number of nitrogens with zero attached hydrogens (tertiary/aromatic N) is 1. The van der Waals surface area contributed by atoms with Gasteiger partial charge in [0.15, 0.2) is 0 Å². The lowest BCUT2D eigenvalue weighted by Gasteiger charge is -2.15. The highest BCUT2D eigenvalue weighted by Gasteiger charge is 2.17. The molecule has 24 heavy (non-hydrogen) atoms. The molecule has 0 unspecified atom stereocenters. The van der Waals surface area contributed by atoms with Crippen LogP contribution in [0.1, 0.15) is 20.3 Å². The van der Waals surface area contributed by atoms with Gasteiger partial charge in [-0.25, -0.2) is 4.39 Å². The van der Waals surface area contributed by atoms with Crippen LogP contribution in [0.15, 0.2) is 18.2 Å². The molecule has 0 saturated heterocycles. The zero-order valence-electron chi connectivity index (χ0n) is 14.2. The SMILES string of the molecule is CC(C)Oc1ccc(F)cc1NC(=O)C(=O)NCCC(=O)N(C)C. The van der Waals surface area contributed by atoms with Crippen molar-refractivity contribution in [1.29, 1.82) is 0 Å². The molecule has 0 saturated carbocycles. The van der Waals surface area contributed by atoms with Crippen molar-refractivity contribution in [3.63, 3.8) is 0 Å². The van der Waals surface area contributed by atoms with Gasteiger partial charge in [0.05, 0.1) is 11.8 Å². The van der Waals surface area contributed by atoms with Crippen LogP contribution in [0.3, 0.4) is 0 Å². The normalized spacial score (nSPS) is 10.2. The Bertz CT molecular complexity index is 617. The first-order valence-electron chi connectivity index (χ1n) is 7.46. The quantitative estimate of drug-likeness (QED) is 0.761. The Balaban J connectivity index is 2.65. The standard InChI is InChI=1S/C16H22FN3O4/c1-10(2)24-13-6-5-11(17)9-12(13)19-16(23)15(22)18-8-7-14(21)20(3)4/h5-6,9-10H,7-8H2,1-4H3,(H,18,22)(H,19,23). The van der Waals surface area contributed by atoms with Gasteiger partial charge in [-0.3, -0.25) is 14.4 Å². The van der Waals surface area contributed by atoms with Crippen molar-refractivity contribution in [3.05, 3.63) is 24.0 Å². The molecule has 3 amide bonds. The smallest absolute Gasteiger partial charge is 0.313 e. The average Bonchev–Trinajstić information content (AvgIpc) is 2.49. The number of amides is 3. The number of halogens is 1. The molecule has 8 heteroatoms. The van der Waals surface area contributed by atoms with Crippen molar-refractivity contribution in [2.24, 2.45) is 0 Å². The van der Waals surface area contributed by atoms with E-state index < -0.39 is 17.6 Å². The van der Waals surface area contributed by atoms with E-state index in [-0.39, 0.29) is 36.4 Å². The molecule has 1 aromatic carbocycles. The number of anilines is 1. The van der Waals surface area contributed by atoms with Crippen LogP contribution < -0.4 is 15.4 Å². The summed E-state index contributed by atoms with van der Waals surface area (Å²) >= 11 is 0. The first-order valence-corrected chi connectivity index (χ1v) is 7.46. The summed E-state index contributed by atoms with van der Waals surface area (Å²) in [6.07, 6.45) is -0.106. The Morgan fingerprint density at radius 3 is 2.46 bits per heavy atom. The first kappa shape index (κ1) is 19.4. The van der Waals surface area contributed by atoms with Gasteiger partial charge in [-0.05, 0) is 26.0 Å². The van der Waals surface area contributed by atoms with Gasteiger partial charge in [-0.2, -0.15) is 0 Å². The average molecular weight is 339 g/mol. The van der Waals surface area contributed by atoms with Crippen LogP contribution >= 0.6 is 0 Å². The lowest BCUT2D eigenvalue weighted by atomic mass is 10.2. The van der Waals surface area contributed by atoms with Crippen molar-refractivity contribution in [2.45, 2.75) is 26.4 Å². The minimum atomic E-state index is -0.966.